The van der Waals surface area contributed by atoms with Crippen molar-refractivity contribution in [2.75, 3.05) is 6.61 Å². The molecule has 1 aliphatic rings. The normalized spacial score (nSPS) is 20.4. The van der Waals surface area contributed by atoms with E-state index in [1.54, 1.807) is 0 Å². The lowest BCUT2D eigenvalue weighted by Crippen LogP contribution is -2.16. The lowest BCUT2D eigenvalue weighted by atomic mass is 9.83. The van der Waals surface area contributed by atoms with Gasteiger partial charge in [0, 0.05) is 17.2 Å². The molecular formula is C15H23NO. The minimum Gasteiger partial charge on any atom is -0.493 e. The van der Waals surface area contributed by atoms with Crippen LogP contribution < -0.4 is 10.5 Å². The summed E-state index contributed by atoms with van der Waals surface area (Å²) in [6, 6.07) is 4.53. The maximum atomic E-state index is 6.25. The van der Waals surface area contributed by atoms with Gasteiger partial charge in [-0.05, 0) is 25.2 Å². The summed E-state index contributed by atoms with van der Waals surface area (Å²) in [5.74, 6) is 1.04. The molecular weight excluding hydrogens is 210 g/mol. The second-order valence-corrected chi connectivity index (χ2v) is 6.08. The first-order chi connectivity index (χ1) is 7.89. The van der Waals surface area contributed by atoms with Gasteiger partial charge in [-0.25, -0.2) is 0 Å². The highest BCUT2D eigenvalue weighted by Gasteiger charge is 2.25. The summed E-state index contributed by atoms with van der Waals surface area (Å²) in [6.45, 7) is 9.59. The van der Waals surface area contributed by atoms with Crippen LogP contribution in [0.25, 0.3) is 0 Å². The molecule has 17 heavy (non-hydrogen) atoms. The molecule has 1 aromatic carbocycles. The van der Waals surface area contributed by atoms with Gasteiger partial charge in [-0.1, -0.05) is 38.5 Å². The van der Waals surface area contributed by atoms with Crippen molar-refractivity contribution in [3.8, 4) is 5.75 Å². The molecule has 0 bridgehead atoms. The summed E-state index contributed by atoms with van der Waals surface area (Å²) in [5, 5.41) is 0. The van der Waals surface area contributed by atoms with E-state index in [0.717, 1.165) is 25.2 Å². The fourth-order valence-electron chi connectivity index (χ4n) is 2.43. The Balaban J connectivity index is 2.61. The van der Waals surface area contributed by atoms with Crippen molar-refractivity contribution in [1.29, 1.82) is 0 Å². The molecule has 0 saturated carbocycles. The Hall–Kier alpha value is -1.02. The van der Waals surface area contributed by atoms with Crippen LogP contribution in [0.5, 0.6) is 5.75 Å². The first-order valence-corrected chi connectivity index (χ1v) is 6.43. The third-order valence-electron chi connectivity index (χ3n) is 3.38. The van der Waals surface area contributed by atoms with Crippen LogP contribution in [0.2, 0.25) is 0 Å². The number of hydrogen-bond donors (Lipinski definition) is 1. The molecule has 0 aliphatic carbocycles. The first-order valence-electron chi connectivity index (χ1n) is 6.43. The standard InChI is InChI=1S/C15H23NO/c1-10-8-11-13(16)6-5-7-17-14(11)12(9-10)15(2,3)4/h8-9,13H,5-7,16H2,1-4H3/t13-/m0/s1. The van der Waals surface area contributed by atoms with E-state index in [-0.39, 0.29) is 11.5 Å². The van der Waals surface area contributed by atoms with Crippen molar-refractivity contribution in [1.82, 2.24) is 0 Å². The predicted molar refractivity (Wildman–Crippen MR) is 71.5 cm³/mol. The highest BCUT2D eigenvalue weighted by molar-refractivity contribution is 5.49. The zero-order valence-corrected chi connectivity index (χ0v) is 11.3. The van der Waals surface area contributed by atoms with Crippen molar-refractivity contribution >= 4 is 0 Å². The second-order valence-electron chi connectivity index (χ2n) is 6.08. The Morgan fingerprint density at radius 2 is 2.00 bits per heavy atom. The van der Waals surface area contributed by atoms with E-state index in [2.05, 4.69) is 39.8 Å². The summed E-state index contributed by atoms with van der Waals surface area (Å²) in [6.07, 6.45) is 2.05. The minimum absolute atomic E-state index is 0.0974. The lowest BCUT2D eigenvalue weighted by molar-refractivity contribution is 0.308. The number of nitrogens with two attached hydrogens (primary N) is 1. The molecule has 2 nitrogen and oxygen atoms in total. The topological polar surface area (TPSA) is 35.2 Å². The van der Waals surface area contributed by atoms with Crippen LogP contribution in [0, 0.1) is 6.92 Å². The molecule has 0 fully saturated rings. The number of benzene rings is 1. The molecule has 0 spiro atoms. The van der Waals surface area contributed by atoms with E-state index in [0.29, 0.717) is 0 Å². The molecule has 2 rings (SSSR count). The van der Waals surface area contributed by atoms with Gasteiger partial charge in [0.2, 0.25) is 0 Å². The lowest BCUT2D eigenvalue weighted by Gasteiger charge is -2.25. The molecule has 94 valence electrons. The highest BCUT2D eigenvalue weighted by atomic mass is 16.5. The quantitative estimate of drug-likeness (QED) is 0.744. The van der Waals surface area contributed by atoms with Gasteiger partial charge in [-0.2, -0.15) is 0 Å². The van der Waals surface area contributed by atoms with Crippen molar-refractivity contribution in [3.63, 3.8) is 0 Å². The number of fused-ring (bicyclic) bond motifs is 1. The van der Waals surface area contributed by atoms with E-state index >= 15 is 0 Å². The minimum atomic E-state index is 0.0974. The first kappa shape index (κ1) is 12.4. The molecule has 2 N–H and O–H groups in total. The fraction of sp³-hybridized carbons (Fsp3) is 0.600. The molecule has 2 heteroatoms. The third kappa shape index (κ3) is 2.47. The van der Waals surface area contributed by atoms with Gasteiger partial charge in [0.05, 0.1) is 6.61 Å². The fourth-order valence-corrected chi connectivity index (χ4v) is 2.43. The van der Waals surface area contributed by atoms with Gasteiger partial charge in [0.15, 0.2) is 0 Å². The van der Waals surface area contributed by atoms with Crippen molar-refractivity contribution in [2.45, 2.75) is 52.0 Å². The van der Waals surface area contributed by atoms with Gasteiger partial charge in [-0.3, -0.25) is 0 Å². The average Bonchev–Trinajstić information content (AvgIpc) is 2.39. The molecule has 0 unspecified atom stereocenters. The molecule has 0 amide bonds. The average molecular weight is 233 g/mol. The van der Waals surface area contributed by atoms with Gasteiger partial charge < -0.3 is 10.5 Å². The Bertz CT molecular complexity index is 418. The maximum absolute atomic E-state index is 6.25. The molecule has 1 aromatic rings. The van der Waals surface area contributed by atoms with E-state index in [9.17, 15) is 0 Å². The number of rotatable bonds is 0. The molecule has 0 radical (unpaired) electrons. The van der Waals surface area contributed by atoms with Crippen molar-refractivity contribution < 1.29 is 4.74 Å². The summed E-state index contributed by atoms with van der Waals surface area (Å²) >= 11 is 0. The molecule has 0 aromatic heterocycles. The smallest absolute Gasteiger partial charge is 0.127 e. The number of hydrogen-bond acceptors (Lipinski definition) is 2. The van der Waals surface area contributed by atoms with Crippen molar-refractivity contribution in [2.24, 2.45) is 5.73 Å². The largest absolute Gasteiger partial charge is 0.493 e. The summed E-state index contributed by atoms with van der Waals surface area (Å²) in [4.78, 5) is 0. The molecule has 1 heterocycles. The molecule has 0 saturated heterocycles. The summed E-state index contributed by atoms with van der Waals surface area (Å²) in [5.41, 5.74) is 10.1. The number of aryl methyl sites for hydroxylation is 1. The Morgan fingerprint density at radius 1 is 1.29 bits per heavy atom. The zero-order chi connectivity index (χ0) is 12.6. The monoisotopic (exact) mass is 233 g/mol. The van der Waals surface area contributed by atoms with Crippen LogP contribution in [-0.2, 0) is 5.41 Å². The van der Waals surface area contributed by atoms with Crippen LogP contribution in [0.3, 0.4) is 0 Å². The predicted octanol–water partition coefficient (Wildman–Crippen LogP) is 3.46. The van der Waals surface area contributed by atoms with Crippen LogP contribution in [0.15, 0.2) is 12.1 Å². The van der Waals surface area contributed by atoms with E-state index in [1.165, 1.54) is 16.7 Å². The van der Waals surface area contributed by atoms with Crippen LogP contribution in [0.1, 0.15) is 56.3 Å². The molecule has 1 atom stereocenters. The highest BCUT2D eigenvalue weighted by Crippen LogP contribution is 2.39. The molecule has 1 aliphatic heterocycles. The second kappa shape index (κ2) is 4.34. The van der Waals surface area contributed by atoms with E-state index < -0.39 is 0 Å². The summed E-state index contributed by atoms with van der Waals surface area (Å²) in [7, 11) is 0. The summed E-state index contributed by atoms with van der Waals surface area (Å²) < 4.78 is 5.95. The SMILES string of the molecule is Cc1cc2c(c(C(C)(C)C)c1)OCCC[C@@H]2N. The van der Waals surface area contributed by atoms with Crippen molar-refractivity contribution in [3.05, 3.63) is 28.8 Å². The van der Waals surface area contributed by atoms with Gasteiger partial charge >= 0.3 is 0 Å². The maximum Gasteiger partial charge on any atom is 0.127 e. The van der Waals surface area contributed by atoms with Crippen LogP contribution in [0.4, 0.5) is 0 Å². The van der Waals surface area contributed by atoms with Crippen LogP contribution >= 0.6 is 0 Å². The zero-order valence-electron chi connectivity index (χ0n) is 11.3. The van der Waals surface area contributed by atoms with E-state index in [1.807, 2.05) is 0 Å². The Kier molecular flexibility index (Phi) is 3.17. The van der Waals surface area contributed by atoms with Gasteiger partial charge in [0.1, 0.15) is 5.75 Å². The Labute approximate surface area is 104 Å². The van der Waals surface area contributed by atoms with E-state index in [4.69, 9.17) is 10.5 Å². The van der Waals surface area contributed by atoms with Crippen LogP contribution in [-0.4, -0.2) is 6.61 Å². The van der Waals surface area contributed by atoms with Gasteiger partial charge in [-0.15, -0.1) is 0 Å². The Morgan fingerprint density at radius 3 is 2.65 bits per heavy atom. The van der Waals surface area contributed by atoms with Gasteiger partial charge in [0.25, 0.3) is 0 Å². The number of ether oxygens (including phenoxy) is 1. The third-order valence-corrected chi connectivity index (χ3v) is 3.38.